The van der Waals surface area contributed by atoms with E-state index in [1.54, 1.807) is 31.4 Å². The number of carbonyl (C=O) groups excluding carboxylic acids is 2. The second-order valence-corrected chi connectivity index (χ2v) is 7.03. The summed E-state index contributed by atoms with van der Waals surface area (Å²) in [5.41, 5.74) is 1.15. The molecule has 156 valence electrons. The monoisotopic (exact) mass is 448 g/mol. The first-order valence-corrected chi connectivity index (χ1v) is 9.69. The normalized spacial score (nSPS) is 10.5. The van der Waals surface area contributed by atoms with E-state index in [2.05, 4.69) is 20.8 Å². The minimum atomic E-state index is -0.424. The van der Waals surface area contributed by atoms with Crippen LogP contribution in [0.2, 0.25) is 10.0 Å². The van der Waals surface area contributed by atoms with E-state index >= 15 is 0 Å². The van der Waals surface area contributed by atoms with Gasteiger partial charge in [-0.25, -0.2) is 0 Å². The lowest BCUT2D eigenvalue weighted by Gasteiger charge is -2.08. The molecule has 0 saturated heterocycles. The molecule has 30 heavy (non-hydrogen) atoms. The van der Waals surface area contributed by atoms with Gasteiger partial charge in [-0.05, 0) is 42.5 Å². The summed E-state index contributed by atoms with van der Waals surface area (Å²) in [5, 5.41) is 9.82. The topological polar surface area (TPSA) is 106 Å². The van der Waals surface area contributed by atoms with E-state index in [1.807, 2.05) is 12.1 Å². The molecule has 1 heterocycles. The summed E-state index contributed by atoms with van der Waals surface area (Å²) in [7, 11) is 1.59. The Balaban J connectivity index is 1.45. The molecule has 0 aliphatic heterocycles. The second kappa shape index (κ2) is 10.1. The number of benzene rings is 2. The van der Waals surface area contributed by atoms with Gasteiger partial charge in [-0.2, -0.15) is 4.98 Å². The third-order valence-electron chi connectivity index (χ3n) is 4.03. The van der Waals surface area contributed by atoms with Crippen LogP contribution in [0.3, 0.4) is 0 Å². The van der Waals surface area contributed by atoms with E-state index in [9.17, 15) is 9.59 Å². The number of nitrogens with zero attached hydrogens (tertiary/aromatic N) is 2. The highest BCUT2D eigenvalue weighted by Crippen LogP contribution is 2.25. The van der Waals surface area contributed by atoms with Crippen LogP contribution in [0.5, 0.6) is 5.75 Å². The Hall–Kier alpha value is -3.10. The Morgan fingerprint density at radius 1 is 1.10 bits per heavy atom. The third-order valence-corrected chi connectivity index (χ3v) is 4.60. The van der Waals surface area contributed by atoms with Crippen LogP contribution >= 0.6 is 23.2 Å². The van der Waals surface area contributed by atoms with Crippen LogP contribution < -0.4 is 15.4 Å². The summed E-state index contributed by atoms with van der Waals surface area (Å²) in [6, 6.07) is 11.9. The van der Waals surface area contributed by atoms with Gasteiger partial charge < -0.3 is 19.9 Å². The molecule has 0 fully saturated rings. The van der Waals surface area contributed by atoms with E-state index in [0.717, 1.165) is 11.3 Å². The summed E-state index contributed by atoms with van der Waals surface area (Å²) in [5.74, 6) is 0.719. The minimum absolute atomic E-state index is 0.0927. The summed E-state index contributed by atoms with van der Waals surface area (Å²) < 4.78 is 10.3. The van der Waals surface area contributed by atoms with E-state index in [-0.39, 0.29) is 25.3 Å². The Bertz CT molecular complexity index is 1040. The van der Waals surface area contributed by atoms with Gasteiger partial charge in [0, 0.05) is 23.4 Å². The van der Waals surface area contributed by atoms with Crippen molar-refractivity contribution in [2.45, 2.75) is 12.8 Å². The van der Waals surface area contributed by atoms with Crippen molar-refractivity contribution >= 4 is 40.7 Å². The molecule has 0 bridgehead atoms. The van der Waals surface area contributed by atoms with Crippen LogP contribution in [-0.4, -0.2) is 35.6 Å². The number of hydrogen-bond acceptors (Lipinski definition) is 6. The van der Waals surface area contributed by atoms with Crippen molar-refractivity contribution in [3.8, 4) is 17.1 Å². The van der Waals surface area contributed by atoms with Gasteiger partial charge in [0.05, 0.1) is 24.4 Å². The van der Waals surface area contributed by atoms with Crippen molar-refractivity contribution in [2.75, 3.05) is 19.0 Å². The Morgan fingerprint density at radius 2 is 1.87 bits per heavy atom. The van der Waals surface area contributed by atoms with Gasteiger partial charge in [-0.1, -0.05) is 28.4 Å². The van der Waals surface area contributed by atoms with E-state index in [4.69, 9.17) is 32.5 Å². The maximum absolute atomic E-state index is 12.0. The molecule has 10 heteroatoms. The van der Waals surface area contributed by atoms with Gasteiger partial charge >= 0.3 is 0 Å². The first-order chi connectivity index (χ1) is 14.4. The summed E-state index contributed by atoms with van der Waals surface area (Å²) >= 11 is 11.9. The Morgan fingerprint density at radius 3 is 2.60 bits per heavy atom. The fourth-order valence-corrected chi connectivity index (χ4v) is 2.83. The number of halogens is 2. The molecule has 0 atom stereocenters. The Labute approximate surface area is 182 Å². The van der Waals surface area contributed by atoms with Crippen LogP contribution in [-0.2, 0) is 16.0 Å². The number of methoxy groups -OCH3 is 1. The molecular weight excluding hydrogens is 431 g/mol. The molecule has 1 aromatic heterocycles. The van der Waals surface area contributed by atoms with E-state index < -0.39 is 5.91 Å². The number of nitrogens with one attached hydrogen (secondary N) is 2. The lowest BCUT2D eigenvalue weighted by atomic mass is 10.2. The SMILES string of the molecule is COc1ccc(-c2noc(CCC(=O)NCC(=O)Nc3cc(Cl)ccc3Cl)n2)cc1. The van der Waals surface area contributed by atoms with Crippen LogP contribution in [0.25, 0.3) is 11.4 Å². The number of amides is 2. The van der Waals surface area contributed by atoms with Crippen molar-refractivity contribution in [1.82, 2.24) is 15.5 Å². The molecule has 0 radical (unpaired) electrons. The lowest BCUT2D eigenvalue weighted by molar-refractivity contribution is -0.124. The number of anilines is 1. The van der Waals surface area contributed by atoms with Crippen molar-refractivity contribution in [1.29, 1.82) is 0 Å². The van der Waals surface area contributed by atoms with Crippen molar-refractivity contribution in [3.05, 3.63) is 58.4 Å². The highest BCUT2D eigenvalue weighted by atomic mass is 35.5. The van der Waals surface area contributed by atoms with Gasteiger partial charge in [0.25, 0.3) is 0 Å². The van der Waals surface area contributed by atoms with Crippen LogP contribution in [0.15, 0.2) is 47.0 Å². The molecule has 0 saturated carbocycles. The fraction of sp³-hybridized carbons (Fsp3) is 0.200. The zero-order valence-corrected chi connectivity index (χ0v) is 17.5. The minimum Gasteiger partial charge on any atom is -0.497 e. The zero-order valence-electron chi connectivity index (χ0n) is 15.9. The molecule has 0 spiro atoms. The molecule has 0 aliphatic carbocycles. The van der Waals surface area contributed by atoms with Gasteiger partial charge in [-0.15, -0.1) is 0 Å². The average molecular weight is 449 g/mol. The molecule has 2 amide bonds. The average Bonchev–Trinajstić information content (AvgIpc) is 3.22. The molecule has 0 unspecified atom stereocenters. The van der Waals surface area contributed by atoms with Crippen LogP contribution in [0.1, 0.15) is 12.3 Å². The molecule has 3 rings (SSSR count). The van der Waals surface area contributed by atoms with Gasteiger partial charge in [0.15, 0.2) is 0 Å². The van der Waals surface area contributed by atoms with Crippen LogP contribution in [0, 0.1) is 0 Å². The number of aromatic nitrogens is 2. The predicted octanol–water partition coefficient (Wildman–Crippen LogP) is 3.74. The number of hydrogen-bond donors (Lipinski definition) is 2. The highest BCUT2D eigenvalue weighted by molar-refractivity contribution is 6.35. The Kier molecular flexibility index (Phi) is 7.26. The lowest BCUT2D eigenvalue weighted by Crippen LogP contribution is -2.33. The number of ether oxygens (including phenoxy) is 1. The molecule has 2 N–H and O–H groups in total. The van der Waals surface area contributed by atoms with E-state index in [0.29, 0.717) is 27.4 Å². The summed E-state index contributed by atoms with van der Waals surface area (Å²) in [6.07, 6.45) is 0.339. The van der Waals surface area contributed by atoms with Gasteiger partial charge in [0.1, 0.15) is 5.75 Å². The zero-order chi connectivity index (χ0) is 21.5. The number of carbonyl (C=O) groups is 2. The smallest absolute Gasteiger partial charge is 0.243 e. The summed E-state index contributed by atoms with van der Waals surface area (Å²) in [4.78, 5) is 28.3. The first-order valence-electron chi connectivity index (χ1n) is 8.93. The third kappa shape index (κ3) is 5.95. The van der Waals surface area contributed by atoms with Crippen LogP contribution in [0.4, 0.5) is 5.69 Å². The fourth-order valence-electron chi connectivity index (χ4n) is 2.49. The maximum atomic E-state index is 12.0. The number of aryl methyl sites for hydroxylation is 1. The summed E-state index contributed by atoms with van der Waals surface area (Å²) in [6.45, 7) is -0.206. The van der Waals surface area contributed by atoms with Gasteiger partial charge in [0.2, 0.25) is 23.5 Å². The van der Waals surface area contributed by atoms with Crippen molar-refractivity contribution in [2.24, 2.45) is 0 Å². The van der Waals surface area contributed by atoms with Gasteiger partial charge in [-0.3, -0.25) is 9.59 Å². The molecule has 8 nitrogen and oxygen atoms in total. The molecular formula is C20H18Cl2N4O4. The van der Waals surface area contributed by atoms with Crippen molar-refractivity contribution < 1.29 is 18.8 Å². The predicted molar refractivity (Wildman–Crippen MR) is 113 cm³/mol. The quantitative estimate of drug-likeness (QED) is 0.543. The van der Waals surface area contributed by atoms with Crippen molar-refractivity contribution in [3.63, 3.8) is 0 Å². The highest BCUT2D eigenvalue weighted by Gasteiger charge is 2.12. The molecule has 0 aliphatic rings. The maximum Gasteiger partial charge on any atom is 0.243 e. The second-order valence-electron chi connectivity index (χ2n) is 6.19. The van der Waals surface area contributed by atoms with E-state index in [1.165, 1.54) is 6.07 Å². The standard InChI is InChI=1S/C20H18Cl2N4O4/c1-29-14-5-2-12(3-6-14)20-25-19(30-26-20)9-8-17(27)23-11-18(28)24-16-10-13(21)4-7-15(16)22/h2-7,10H,8-9,11H2,1H3,(H,23,27)(H,24,28). The first kappa shape index (κ1) is 21.6. The largest absolute Gasteiger partial charge is 0.497 e. The molecule has 2 aromatic carbocycles. The number of rotatable bonds is 8. The molecule has 3 aromatic rings.